The van der Waals surface area contributed by atoms with Crippen LogP contribution in [-0.2, 0) is 5.41 Å². The Kier molecular flexibility index (Phi) is 3.83. The van der Waals surface area contributed by atoms with Crippen LogP contribution in [0.4, 0.5) is 0 Å². The maximum Gasteiger partial charge on any atom is 0.135 e. The molecule has 9 rings (SSSR count). The van der Waals surface area contributed by atoms with Crippen LogP contribution in [0.25, 0.3) is 66.1 Å². The molecule has 0 aromatic heterocycles. The van der Waals surface area contributed by atoms with Gasteiger partial charge in [0.1, 0.15) is 11.5 Å². The minimum Gasteiger partial charge on any atom is -0.456 e. The van der Waals surface area contributed by atoms with Crippen molar-refractivity contribution in [3.8, 4) is 56.0 Å². The van der Waals surface area contributed by atoms with Gasteiger partial charge in [0.25, 0.3) is 0 Å². The van der Waals surface area contributed by atoms with Crippen molar-refractivity contribution in [1.29, 1.82) is 0 Å². The Morgan fingerprint density at radius 2 is 1.26 bits per heavy atom. The highest BCUT2D eigenvalue weighted by atomic mass is 16.5. The van der Waals surface area contributed by atoms with Gasteiger partial charge in [-0.05, 0) is 103 Å². The molecule has 7 aromatic rings. The highest BCUT2D eigenvalue weighted by molar-refractivity contribution is 6.10. The van der Waals surface area contributed by atoms with E-state index in [1.54, 1.807) is 6.07 Å². The van der Waals surface area contributed by atoms with Crippen molar-refractivity contribution in [3.05, 3.63) is 144 Å². The summed E-state index contributed by atoms with van der Waals surface area (Å²) >= 11 is 0. The quantitative estimate of drug-likeness (QED) is 0.211. The molecule has 42 heavy (non-hydrogen) atoms. The van der Waals surface area contributed by atoms with Crippen LogP contribution in [0.2, 0.25) is 0 Å². The van der Waals surface area contributed by atoms with Crippen LogP contribution in [0.3, 0.4) is 0 Å². The van der Waals surface area contributed by atoms with Gasteiger partial charge in [0.05, 0.1) is 6.85 Å². The van der Waals surface area contributed by atoms with Crippen molar-refractivity contribution in [2.24, 2.45) is 0 Å². The van der Waals surface area contributed by atoms with E-state index in [4.69, 9.17) is 11.6 Å². The summed E-state index contributed by atoms with van der Waals surface area (Å²) in [5.41, 5.74) is 10.0. The zero-order valence-corrected chi connectivity index (χ0v) is 23.2. The van der Waals surface area contributed by atoms with Crippen molar-refractivity contribution in [3.63, 3.8) is 0 Å². The van der Waals surface area contributed by atoms with Crippen LogP contribution in [0.5, 0.6) is 11.5 Å². The molecule has 0 amide bonds. The predicted octanol–water partition coefficient (Wildman–Crippen LogP) is 11.4. The second-order valence-corrected chi connectivity index (χ2v) is 11.8. The molecule has 0 bridgehead atoms. The predicted molar refractivity (Wildman–Crippen MR) is 175 cm³/mol. The monoisotopic (exact) mass is 541 g/mol. The zero-order valence-electron chi connectivity index (χ0n) is 28.2. The molecule has 0 N–H and O–H groups in total. The highest BCUT2D eigenvalue weighted by Crippen LogP contribution is 2.53. The lowest BCUT2D eigenvalue weighted by atomic mass is 9.80. The molecule has 0 radical (unpaired) electrons. The first-order valence-electron chi connectivity index (χ1n) is 16.8. The number of hydrogen-bond donors (Lipinski definition) is 0. The van der Waals surface area contributed by atoms with E-state index >= 15 is 0 Å². The molecule has 0 atom stereocenters. The lowest BCUT2D eigenvalue weighted by Crippen LogP contribution is -2.15. The second-order valence-electron chi connectivity index (χ2n) is 11.8. The number of ether oxygens (including phenoxy) is 1. The van der Waals surface area contributed by atoms with Gasteiger partial charge in [0, 0.05) is 16.4 Å². The average Bonchev–Trinajstić information content (AvgIpc) is 3.30. The number of fused-ring (bicyclic) bond motifs is 6. The van der Waals surface area contributed by atoms with Crippen molar-refractivity contribution < 1.29 is 11.6 Å². The lowest BCUT2D eigenvalue weighted by Gasteiger charge is -2.24. The number of hydrogen-bond acceptors (Lipinski definition) is 1. The normalized spacial score (nSPS) is 15.5. The maximum atomic E-state index is 8.46. The van der Waals surface area contributed by atoms with Gasteiger partial charge in [0.15, 0.2) is 0 Å². The van der Waals surface area contributed by atoms with Gasteiger partial charge in [-0.1, -0.05) is 111 Å². The van der Waals surface area contributed by atoms with Crippen LogP contribution < -0.4 is 4.74 Å². The molecule has 0 spiro atoms. The fourth-order valence-electron chi connectivity index (χ4n) is 7.02. The van der Waals surface area contributed by atoms with E-state index in [0.29, 0.717) is 11.3 Å². The van der Waals surface area contributed by atoms with Gasteiger partial charge < -0.3 is 4.74 Å². The van der Waals surface area contributed by atoms with Gasteiger partial charge in [-0.15, -0.1) is 0 Å². The van der Waals surface area contributed by atoms with E-state index in [-0.39, 0.29) is 35.1 Å². The highest BCUT2D eigenvalue weighted by Gasteiger charge is 2.36. The van der Waals surface area contributed by atoms with Gasteiger partial charge in [-0.3, -0.25) is 0 Å². The molecule has 1 heteroatoms. The Hall–Kier alpha value is -5.14. The molecular formula is C41H28O. The molecule has 1 aliphatic carbocycles. The SMILES string of the molecule is [2H]c1c([2H])c([2H])c(-c2ccc3c(c2)Oc2ccc(-c4ccc5c(c4)C(C)(C)c4cc6ccccc6cc4-5)c4cccc-3c24)c([2H])c1[2H]. The molecule has 1 nitrogen and oxygen atoms in total. The Labute approximate surface area is 252 Å². The fraction of sp³-hybridized carbons (Fsp3) is 0.0732. The summed E-state index contributed by atoms with van der Waals surface area (Å²) in [5, 5.41) is 4.64. The van der Waals surface area contributed by atoms with Crippen LogP contribution in [-0.4, -0.2) is 0 Å². The van der Waals surface area contributed by atoms with E-state index in [9.17, 15) is 0 Å². The Bertz CT molecular complexity index is 2500. The van der Waals surface area contributed by atoms with Crippen LogP contribution in [0, 0.1) is 0 Å². The molecular weight excluding hydrogens is 508 g/mol. The largest absolute Gasteiger partial charge is 0.456 e. The minimum absolute atomic E-state index is 0.142. The number of benzene rings is 7. The van der Waals surface area contributed by atoms with Gasteiger partial charge in [-0.2, -0.15) is 0 Å². The smallest absolute Gasteiger partial charge is 0.135 e. The van der Waals surface area contributed by atoms with Gasteiger partial charge in [-0.25, -0.2) is 0 Å². The van der Waals surface area contributed by atoms with Crippen LogP contribution in [0.15, 0.2) is 133 Å². The first kappa shape index (κ1) is 19.1. The van der Waals surface area contributed by atoms with Crippen molar-refractivity contribution in [1.82, 2.24) is 0 Å². The minimum atomic E-state index is -0.403. The Balaban J connectivity index is 1.17. The van der Waals surface area contributed by atoms with Crippen molar-refractivity contribution in [2.75, 3.05) is 0 Å². The Morgan fingerprint density at radius 3 is 2.12 bits per heavy atom. The molecule has 0 fully saturated rings. The zero-order chi connectivity index (χ0) is 32.4. The van der Waals surface area contributed by atoms with E-state index in [1.165, 1.54) is 33.0 Å². The molecule has 1 aliphatic heterocycles. The van der Waals surface area contributed by atoms with Gasteiger partial charge in [0.2, 0.25) is 0 Å². The number of rotatable bonds is 2. The summed E-state index contributed by atoms with van der Waals surface area (Å²) in [5.74, 6) is 1.32. The molecule has 198 valence electrons. The molecule has 0 saturated heterocycles. The second kappa shape index (κ2) is 8.44. The third-order valence-corrected chi connectivity index (χ3v) is 9.14. The molecule has 0 saturated carbocycles. The van der Waals surface area contributed by atoms with Gasteiger partial charge >= 0.3 is 0 Å². The molecule has 2 aliphatic rings. The topological polar surface area (TPSA) is 9.23 Å². The van der Waals surface area contributed by atoms with Crippen LogP contribution >= 0.6 is 0 Å². The summed E-state index contributed by atoms with van der Waals surface area (Å²) in [4.78, 5) is 0. The summed E-state index contributed by atoms with van der Waals surface area (Å²) in [6.07, 6.45) is 0. The average molecular weight is 542 g/mol. The summed E-state index contributed by atoms with van der Waals surface area (Å²) in [6, 6.07) is 34.5. The van der Waals surface area contributed by atoms with Crippen LogP contribution in [0.1, 0.15) is 31.8 Å². The molecule has 7 aromatic carbocycles. The fourth-order valence-corrected chi connectivity index (χ4v) is 7.02. The summed E-state index contributed by atoms with van der Waals surface area (Å²) < 4.78 is 47.6. The third kappa shape index (κ3) is 3.25. The summed E-state index contributed by atoms with van der Waals surface area (Å²) in [7, 11) is 0. The molecule has 1 heterocycles. The lowest BCUT2D eigenvalue weighted by molar-refractivity contribution is 0.487. The van der Waals surface area contributed by atoms with E-state index in [1.807, 2.05) is 18.2 Å². The van der Waals surface area contributed by atoms with E-state index in [2.05, 4.69) is 92.7 Å². The first-order valence-corrected chi connectivity index (χ1v) is 14.3. The Morgan fingerprint density at radius 1 is 0.524 bits per heavy atom. The summed E-state index contributed by atoms with van der Waals surface area (Å²) in [6.45, 7) is 4.63. The van der Waals surface area contributed by atoms with E-state index in [0.717, 1.165) is 38.8 Å². The van der Waals surface area contributed by atoms with Crippen molar-refractivity contribution >= 4 is 21.5 Å². The third-order valence-electron chi connectivity index (χ3n) is 9.14. The molecule has 0 unspecified atom stereocenters. The maximum absolute atomic E-state index is 8.46. The van der Waals surface area contributed by atoms with E-state index < -0.39 is 6.04 Å². The standard InChI is InChI=1S/C41H28O/c1-41(2)36-23-29(16-17-31(36)35-21-26-11-6-7-12-27(26)22-37(35)41)30-19-20-38-40-33(30)13-8-14-34(40)32-18-15-28(24-39(32)42-38)25-9-4-3-5-10-25/h3-24H,1-2H3/i3D,4D,5D,9D,10D. The van der Waals surface area contributed by atoms with Crippen molar-refractivity contribution in [2.45, 2.75) is 19.3 Å². The first-order chi connectivity index (χ1) is 22.6.